The Bertz CT molecular complexity index is 965. The molecule has 1 N–H and O–H groups in total. The van der Waals surface area contributed by atoms with Crippen molar-refractivity contribution < 1.29 is 18.7 Å². The Hall–Kier alpha value is -2.80. The molecule has 0 radical (unpaired) electrons. The Morgan fingerprint density at radius 1 is 1.18 bits per heavy atom. The molecule has 3 aromatic rings. The Kier molecular flexibility index (Phi) is 5.34. The fourth-order valence-electron chi connectivity index (χ4n) is 3.35. The molecule has 1 aliphatic rings. The van der Waals surface area contributed by atoms with Gasteiger partial charge in [-0.2, -0.15) is 0 Å². The Labute approximate surface area is 167 Å². The highest BCUT2D eigenvalue weighted by Crippen LogP contribution is 2.26. The molecular formula is C20H20ClN3O4. The number of rotatable bonds is 5. The van der Waals surface area contributed by atoms with Gasteiger partial charge in [-0.05, 0) is 49.9 Å². The number of hydrogen-bond acceptors (Lipinski definition) is 6. The fourth-order valence-corrected chi connectivity index (χ4v) is 3.45. The summed E-state index contributed by atoms with van der Waals surface area (Å²) in [6.07, 6.45) is 6.32. The summed E-state index contributed by atoms with van der Waals surface area (Å²) in [5, 5.41) is 4.36. The maximum atomic E-state index is 12.5. The molecule has 4 rings (SSSR count). The van der Waals surface area contributed by atoms with Gasteiger partial charge < -0.3 is 19.2 Å². The molecule has 146 valence electrons. The maximum Gasteiger partial charge on any atom is 0.316 e. The highest BCUT2D eigenvalue weighted by molar-refractivity contribution is 6.30. The molecule has 28 heavy (non-hydrogen) atoms. The van der Waals surface area contributed by atoms with E-state index in [-0.39, 0.29) is 18.1 Å². The van der Waals surface area contributed by atoms with Crippen LogP contribution >= 0.6 is 11.6 Å². The van der Waals surface area contributed by atoms with Crippen LogP contribution in [0.5, 0.6) is 11.8 Å². The number of amides is 1. The standard InChI is InChI=1S/C20H20ClN3O4/c1-26-16-6-7-17-12(8-16)9-18(28-17)19(25)24-14-2-4-15(5-3-14)27-20-22-10-13(21)11-23-20/h6-11,14-15H,2-5H2,1H3,(H,24,25). The van der Waals surface area contributed by atoms with Crippen molar-refractivity contribution >= 4 is 28.5 Å². The molecule has 0 spiro atoms. The third-order valence-corrected chi connectivity index (χ3v) is 5.02. The summed E-state index contributed by atoms with van der Waals surface area (Å²) in [4.78, 5) is 20.7. The second-order valence-electron chi connectivity index (χ2n) is 6.76. The van der Waals surface area contributed by atoms with Crippen molar-refractivity contribution in [2.45, 2.75) is 37.8 Å². The zero-order chi connectivity index (χ0) is 19.5. The Morgan fingerprint density at radius 3 is 2.64 bits per heavy atom. The summed E-state index contributed by atoms with van der Waals surface area (Å²) in [5.41, 5.74) is 0.658. The van der Waals surface area contributed by atoms with Crippen LogP contribution in [0.4, 0.5) is 0 Å². The van der Waals surface area contributed by atoms with Gasteiger partial charge in [-0.1, -0.05) is 11.6 Å². The maximum absolute atomic E-state index is 12.5. The van der Waals surface area contributed by atoms with Crippen LogP contribution in [0.25, 0.3) is 11.0 Å². The van der Waals surface area contributed by atoms with E-state index in [0.29, 0.717) is 22.4 Å². The topological polar surface area (TPSA) is 86.5 Å². The van der Waals surface area contributed by atoms with Crippen molar-refractivity contribution in [2.75, 3.05) is 7.11 Å². The number of fused-ring (bicyclic) bond motifs is 1. The number of furan rings is 1. The second kappa shape index (κ2) is 8.06. The predicted molar refractivity (Wildman–Crippen MR) is 104 cm³/mol. The van der Waals surface area contributed by atoms with E-state index in [1.54, 1.807) is 25.3 Å². The van der Waals surface area contributed by atoms with Crippen LogP contribution in [0.1, 0.15) is 36.2 Å². The highest BCUT2D eigenvalue weighted by Gasteiger charge is 2.25. The van der Waals surface area contributed by atoms with Gasteiger partial charge in [0.15, 0.2) is 5.76 Å². The molecular weight excluding hydrogens is 382 g/mol. The molecule has 0 unspecified atom stereocenters. The third-order valence-electron chi connectivity index (χ3n) is 4.83. The van der Waals surface area contributed by atoms with E-state index in [9.17, 15) is 4.79 Å². The zero-order valence-electron chi connectivity index (χ0n) is 15.4. The Morgan fingerprint density at radius 2 is 1.93 bits per heavy atom. The van der Waals surface area contributed by atoms with Crippen molar-refractivity contribution in [3.8, 4) is 11.8 Å². The molecule has 1 aliphatic carbocycles. The second-order valence-corrected chi connectivity index (χ2v) is 7.20. The monoisotopic (exact) mass is 401 g/mol. The number of benzene rings is 1. The van der Waals surface area contributed by atoms with E-state index in [0.717, 1.165) is 36.8 Å². The van der Waals surface area contributed by atoms with Crippen molar-refractivity contribution in [1.82, 2.24) is 15.3 Å². The summed E-state index contributed by atoms with van der Waals surface area (Å²) in [6.45, 7) is 0. The van der Waals surface area contributed by atoms with Crippen LogP contribution in [-0.4, -0.2) is 35.1 Å². The largest absolute Gasteiger partial charge is 0.497 e. The zero-order valence-corrected chi connectivity index (χ0v) is 16.1. The lowest BCUT2D eigenvalue weighted by Gasteiger charge is -2.28. The van der Waals surface area contributed by atoms with Gasteiger partial charge in [0.05, 0.1) is 24.5 Å². The molecule has 8 heteroatoms. The molecule has 1 aromatic carbocycles. The van der Waals surface area contributed by atoms with Gasteiger partial charge in [0.25, 0.3) is 5.91 Å². The molecule has 1 amide bonds. The molecule has 0 atom stereocenters. The lowest BCUT2D eigenvalue weighted by molar-refractivity contribution is 0.0861. The number of hydrogen-bond donors (Lipinski definition) is 1. The first kappa shape index (κ1) is 18.6. The molecule has 7 nitrogen and oxygen atoms in total. The van der Waals surface area contributed by atoms with E-state index in [2.05, 4.69) is 15.3 Å². The number of aromatic nitrogens is 2. The van der Waals surface area contributed by atoms with Gasteiger partial charge in [0, 0.05) is 11.4 Å². The number of carbonyl (C=O) groups excluding carboxylic acids is 1. The average molecular weight is 402 g/mol. The van der Waals surface area contributed by atoms with Crippen molar-refractivity contribution in [3.63, 3.8) is 0 Å². The molecule has 2 aromatic heterocycles. The fraction of sp³-hybridized carbons (Fsp3) is 0.350. The SMILES string of the molecule is COc1ccc2oc(C(=O)NC3CCC(Oc4ncc(Cl)cn4)CC3)cc2c1. The lowest BCUT2D eigenvalue weighted by Crippen LogP contribution is -2.39. The average Bonchev–Trinajstić information content (AvgIpc) is 3.14. The first-order valence-electron chi connectivity index (χ1n) is 9.13. The summed E-state index contributed by atoms with van der Waals surface area (Å²) in [5.74, 6) is 0.819. The normalized spacial score (nSPS) is 19.4. The number of halogens is 1. The van der Waals surface area contributed by atoms with E-state index in [1.807, 2.05) is 6.07 Å². The van der Waals surface area contributed by atoms with Crippen LogP contribution in [-0.2, 0) is 0 Å². The predicted octanol–water partition coefficient (Wildman–Crippen LogP) is 4.00. The van der Waals surface area contributed by atoms with E-state index in [1.165, 1.54) is 12.4 Å². The lowest BCUT2D eigenvalue weighted by atomic mass is 9.93. The van der Waals surface area contributed by atoms with Gasteiger partial charge in [-0.3, -0.25) is 4.79 Å². The number of ether oxygens (including phenoxy) is 2. The number of methoxy groups -OCH3 is 1. The first-order chi connectivity index (χ1) is 13.6. The summed E-state index contributed by atoms with van der Waals surface area (Å²) < 4.78 is 16.6. The smallest absolute Gasteiger partial charge is 0.316 e. The number of nitrogens with zero attached hydrogens (tertiary/aromatic N) is 2. The number of carbonyl (C=O) groups is 1. The summed E-state index contributed by atoms with van der Waals surface area (Å²) >= 11 is 5.78. The van der Waals surface area contributed by atoms with Crippen LogP contribution < -0.4 is 14.8 Å². The molecule has 1 saturated carbocycles. The Balaban J connectivity index is 1.31. The quantitative estimate of drug-likeness (QED) is 0.695. The molecule has 0 saturated heterocycles. The molecule has 0 bridgehead atoms. The molecule has 2 heterocycles. The van der Waals surface area contributed by atoms with E-state index >= 15 is 0 Å². The van der Waals surface area contributed by atoms with Crippen molar-refractivity contribution in [2.24, 2.45) is 0 Å². The van der Waals surface area contributed by atoms with E-state index < -0.39 is 0 Å². The van der Waals surface area contributed by atoms with E-state index in [4.69, 9.17) is 25.5 Å². The van der Waals surface area contributed by atoms with Gasteiger partial charge >= 0.3 is 6.01 Å². The van der Waals surface area contributed by atoms with Crippen LogP contribution in [0, 0.1) is 0 Å². The minimum absolute atomic E-state index is 0.0352. The van der Waals surface area contributed by atoms with Gasteiger partial charge in [0.2, 0.25) is 0 Å². The minimum atomic E-state index is -0.208. The van der Waals surface area contributed by atoms with Gasteiger partial charge in [-0.25, -0.2) is 9.97 Å². The molecule has 0 aliphatic heterocycles. The van der Waals surface area contributed by atoms with Gasteiger partial charge in [0.1, 0.15) is 17.4 Å². The van der Waals surface area contributed by atoms with Crippen LogP contribution in [0.3, 0.4) is 0 Å². The van der Waals surface area contributed by atoms with Crippen LogP contribution in [0.2, 0.25) is 5.02 Å². The number of nitrogens with one attached hydrogen (secondary N) is 1. The summed E-state index contributed by atoms with van der Waals surface area (Å²) in [7, 11) is 1.61. The van der Waals surface area contributed by atoms with Gasteiger partial charge in [-0.15, -0.1) is 0 Å². The van der Waals surface area contributed by atoms with Crippen molar-refractivity contribution in [3.05, 3.63) is 47.4 Å². The van der Waals surface area contributed by atoms with Crippen LogP contribution in [0.15, 0.2) is 41.1 Å². The third kappa shape index (κ3) is 4.20. The molecule has 1 fully saturated rings. The highest BCUT2D eigenvalue weighted by atomic mass is 35.5. The minimum Gasteiger partial charge on any atom is -0.497 e. The van der Waals surface area contributed by atoms with Crippen molar-refractivity contribution in [1.29, 1.82) is 0 Å². The first-order valence-corrected chi connectivity index (χ1v) is 9.51. The summed E-state index contributed by atoms with van der Waals surface area (Å²) in [6, 6.07) is 7.60.